The van der Waals surface area contributed by atoms with Crippen LogP contribution in [0, 0.1) is 11.6 Å². The fourth-order valence-corrected chi connectivity index (χ4v) is 3.40. The molecule has 0 saturated carbocycles. The van der Waals surface area contributed by atoms with Gasteiger partial charge < -0.3 is 10.4 Å². The van der Waals surface area contributed by atoms with Gasteiger partial charge in [-0.2, -0.15) is 0 Å². The summed E-state index contributed by atoms with van der Waals surface area (Å²) in [6.45, 7) is 0. The quantitative estimate of drug-likeness (QED) is 0.846. The van der Waals surface area contributed by atoms with Gasteiger partial charge in [-0.25, -0.2) is 8.78 Å². The highest BCUT2D eigenvalue weighted by atomic mass is 19.1. The van der Waals surface area contributed by atoms with Gasteiger partial charge in [-0.05, 0) is 49.4 Å². The van der Waals surface area contributed by atoms with Crippen LogP contribution in [0.25, 0.3) is 0 Å². The van der Waals surface area contributed by atoms with Crippen LogP contribution in [0.5, 0.6) is 0 Å². The maximum Gasteiger partial charge on any atom is 0.126 e. The number of benzene rings is 1. The first-order chi connectivity index (χ1) is 8.54. The second-order valence-electron chi connectivity index (χ2n) is 5.68. The van der Waals surface area contributed by atoms with Gasteiger partial charge in [0.1, 0.15) is 11.6 Å². The van der Waals surface area contributed by atoms with Crippen molar-refractivity contribution >= 4 is 0 Å². The molecule has 3 rings (SSSR count). The molecular weight excluding hydrogens is 236 g/mol. The van der Waals surface area contributed by atoms with Crippen molar-refractivity contribution in [1.29, 1.82) is 0 Å². The van der Waals surface area contributed by atoms with E-state index >= 15 is 0 Å². The Balaban J connectivity index is 1.81. The van der Waals surface area contributed by atoms with Crippen molar-refractivity contribution in [2.24, 2.45) is 0 Å². The number of nitrogens with one attached hydrogen (secondary N) is 1. The SMILES string of the molecule is OC1(Cc2cc(F)ccc2F)CC2CCC(C1)N2. The number of aliphatic hydroxyl groups is 1. The van der Waals surface area contributed by atoms with Crippen molar-refractivity contribution in [1.82, 2.24) is 5.32 Å². The van der Waals surface area contributed by atoms with Crippen molar-refractivity contribution in [2.45, 2.75) is 49.8 Å². The number of hydrogen-bond acceptors (Lipinski definition) is 2. The smallest absolute Gasteiger partial charge is 0.126 e. The molecule has 4 heteroatoms. The molecule has 2 aliphatic heterocycles. The van der Waals surface area contributed by atoms with Crippen LogP contribution in [0.2, 0.25) is 0 Å². The van der Waals surface area contributed by atoms with Crippen LogP contribution in [-0.4, -0.2) is 22.8 Å². The van der Waals surface area contributed by atoms with E-state index in [1.54, 1.807) is 0 Å². The van der Waals surface area contributed by atoms with Gasteiger partial charge in [0.05, 0.1) is 5.60 Å². The number of fused-ring (bicyclic) bond motifs is 2. The fraction of sp³-hybridized carbons (Fsp3) is 0.571. The predicted octanol–water partition coefficient (Wildman–Crippen LogP) is 2.15. The van der Waals surface area contributed by atoms with Crippen molar-refractivity contribution < 1.29 is 13.9 Å². The Morgan fingerprint density at radius 3 is 2.56 bits per heavy atom. The molecule has 1 aromatic carbocycles. The third-order valence-electron chi connectivity index (χ3n) is 4.11. The highest BCUT2D eigenvalue weighted by Crippen LogP contribution is 2.36. The third kappa shape index (κ3) is 2.27. The van der Waals surface area contributed by atoms with Crippen molar-refractivity contribution in [3.63, 3.8) is 0 Å². The van der Waals surface area contributed by atoms with Gasteiger partial charge in [0, 0.05) is 18.5 Å². The second-order valence-corrected chi connectivity index (χ2v) is 5.68. The van der Waals surface area contributed by atoms with Crippen molar-refractivity contribution in [2.75, 3.05) is 0 Å². The summed E-state index contributed by atoms with van der Waals surface area (Å²) < 4.78 is 26.7. The molecule has 0 spiro atoms. The minimum atomic E-state index is -0.897. The molecule has 0 radical (unpaired) electrons. The summed E-state index contributed by atoms with van der Waals surface area (Å²) in [7, 11) is 0. The maximum atomic E-state index is 13.6. The minimum absolute atomic E-state index is 0.200. The molecule has 2 N–H and O–H groups in total. The molecule has 2 aliphatic rings. The second kappa shape index (κ2) is 4.28. The first-order valence-corrected chi connectivity index (χ1v) is 6.46. The van der Waals surface area contributed by atoms with Crippen LogP contribution in [0.3, 0.4) is 0 Å². The summed E-state index contributed by atoms with van der Waals surface area (Å²) in [5.41, 5.74) is -0.620. The molecule has 2 saturated heterocycles. The average molecular weight is 253 g/mol. The van der Waals surface area contributed by atoms with E-state index in [1.807, 2.05) is 0 Å². The van der Waals surface area contributed by atoms with Crippen molar-refractivity contribution in [3.8, 4) is 0 Å². The lowest BCUT2D eigenvalue weighted by molar-refractivity contribution is -0.00677. The van der Waals surface area contributed by atoms with Crippen LogP contribution in [0.15, 0.2) is 18.2 Å². The van der Waals surface area contributed by atoms with Gasteiger partial charge in [0.2, 0.25) is 0 Å². The Morgan fingerprint density at radius 2 is 1.89 bits per heavy atom. The number of piperidine rings is 1. The molecule has 0 aromatic heterocycles. The molecule has 2 bridgehead atoms. The van der Waals surface area contributed by atoms with Gasteiger partial charge in [-0.1, -0.05) is 0 Å². The van der Waals surface area contributed by atoms with E-state index in [9.17, 15) is 13.9 Å². The molecule has 18 heavy (non-hydrogen) atoms. The summed E-state index contributed by atoms with van der Waals surface area (Å²) in [6, 6.07) is 4.08. The Labute approximate surface area is 105 Å². The molecule has 0 aliphatic carbocycles. The van der Waals surface area contributed by atoms with E-state index in [2.05, 4.69) is 5.32 Å². The van der Waals surface area contributed by atoms with Gasteiger partial charge in [-0.3, -0.25) is 0 Å². The monoisotopic (exact) mass is 253 g/mol. The van der Waals surface area contributed by atoms with E-state index in [0.717, 1.165) is 25.0 Å². The Bertz CT molecular complexity index is 451. The van der Waals surface area contributed by atoms with Crippen LogP contribution < -0.4 is 5.32 Å². The Kier molecular flexibility index (Phi) is 2.87. The normalized spacial score (nSPS) is 34.8. The fourth-order valence-electron chi connectivity index (χ4n) is 3.40. The first-order valence-electron chi connectivity index (χ1n) is 6.46. The molecule has 98 valence electrons. The lowest BCUT2D eigenvalue weighted by Gasteiger charge is -2.37. The van der Waals surface area contributed by atoms with Crippen molar-refractivity contribution in [3.05, 3.63) is 35.4 Å². The number of hydrogen-bond donors (Lipinski definition) is 2. The summed E-state index contributed by atoms with van der Waals surface area (Å²) in [4.78, 5) is 0. The van der Waals surface area contributed by atoms with Crippen LogP contribution in [0.4, 0.5) is 8.78 Å². The van der Waals surface area contributed by atoms with Crippen LogP contribution >= 0.6 is 0 Å². The van der Waals surface area contributed by atoms with Gasteiger partial charge in [0.15, 0.2) is 0 Å². The number of halogens is 2. The zero-order chi connectivity index (χ0) is 12.8. The van der Waals surface area contributed by atoms with Crippen LogP contribution in [0.1, 0.15) is 31.2 Å². The van der Waals surface area contributed by atoms with Gasteiger partial charge in [-0.15, -0.1) is 0 Å². The van der Waals surface area contributed by atoms with Crippen LogP contribution in [-0.2, 0) is 6.42 Å². The molecule has 2 nitrogen and oxygen atoms in total. The Morgan fingerprint density at radius 1 is 1.22 bits per heavy atom. The standard InChI is InChI=1S/C14H17F2NO/c15-10-1-4-13(16)9(5-10)6-14(18)7-11-2-3-12(8-14)17-11/h1,4-5,11-12,17-18H,2-3,6-8H2. The largest absolute Gasteiger partial charge is 0.389 e. The maximum absolute atomic E-state index is 13.6. The predicted molar refractivity (Wildman–Crippen MR) is 64.2 cm³/mol. The average Bonchev–Trinajstić information content (AvgIpc) is 2.64. The van der Waals surface area contributed by atoms with Gasteiger partial charge in [0.25, 0.3) is 0 Å². The molecular formula is C14H17F2NO. The summed E-state index contributed by atoms with van der Waals surface area (Å²) in [5, 5.41) is 14.0. The third-order valence-corrected chi connectivity index (χ3v) is 4.11. The Hall–Kier alpha value is -1.00. The summed E-state index contributed by atoms with van der Waals surface area (Å²) in [5.74, 6) is -0.886. The summed E-state index contributed by atoms with van der Waals surface area (Å²) in [6.07, 6.45) is 3.58. The molecule has 1 aromatic rings. The van der Waals surface area contributed by atoms with E-state index in [1.165, 1.54) is 6.07 Å². The highest BCUT2D eigenvalue weighted by molar-refractivity contribution is 5.21. The topological polar surface area (TPSA) is 32.3 Å². The minimum Gasteiger partial charge on any atom is -0.389 e. The molecule has 2 atom stereocenters. The highest BCUT2D eigenvalue weighted by Gasteiger charge is 2.42. The summed E-state index contributed by atoms with van der Waals surface area (Å²) >= 11 is 0. The lowest BCUT2D eigenvalue weighted by Crippen LogP contribution is -2.49. The van der Waals surface area contributed by atoms with E-state index in [4.69, 9.17) is 0 Å². The zero-order valence-corrected chi connectivity index (χ0v) is 10.1. The van der Waals surface area contributed by atoms with E-state index in [0.29, 0.717) is 24.9 Å². The molecule has 2 unspecified atom stereocenters. The zero-order valence-electron chi connectivity index (χ0n) is 10.1. The van der Waals surface area contributed by atoms with Gasteiger partial charge >= 0.3 is 0 Å². The lowest BCUT2D eigenvalue weighted by atomic mass is 9.82. The molecule has 2 heterocycles. The first kappa shape index (κ1) is 12.1. The molecule has 0 amide bonds. The van der Waals surface area contributed by atoms with E-state index in [-0.39, 0.29) is 12.0 Å². The molecule has 2 fully saturated rings. The number of rotatable bonds is 2. The van der Waals surface area contributed by atoms with E-state index < -0.39 is 17.2 Å².